The van der Waals surface area contributed by atoms with Gasteiger partial charge in [0.05, 0.1) is 0 Å². The predicted molar refractivity (Wildman–Crippen MR) is 131 cm³/mol. The Morgan fingerprint density at radius 1 is 1.09 bits per heavy atom. The molecule has 6 heteroatoms. The van der Waals surface area contributed by atoms with E-state index in [0.717, 1.165) is 52.4 Å². The number of rotatable bonds is 8. The third kappa shape index (κ3) is 6.12. The van der Waals surface area contributed by atoms with E-state index < -0.39 is 6.04 Å². The van der Waals surface area contributed by atoms with E-state index in [1.807, 2.05) is 57.2 Å². The van der Waals surface area contributed by atoms with Gasteiger partial charge in [0.15, 0.2) is 6.61 Å². The van der Waals surface area contributed by atoms with Gasteiger partial charge in [0.25, 0.3) is 5.91 Å². The molecule has 2 aromatic carbocycles. The maximum atomic E-state index is 13.3. The van der Waals surface area contributed by atoms with Crippen LogP contribution in [-0.2, 0) is 16.1 Å². The highest BCUT2D eigenvalue weighted by Crippen LogP contribution is 2.26. The lowest BCUT2D eigenvalue weighted by Gasteiger charge is -2.30. The van der Waals surface area contributed by atoms with Crippen LogP contribution in [0.5, 0.6) is 5.75 Å². The highest BCUT2D eigenvalue weighted by molar-refractivity contribution is 9.10. The number of carbonyl (C=O) groups excluding carboxylic acids is 2. The molecule has 0 bridgehead atoms. The van der Waals surface area contributed by atoms with E-state index in [2.05, 4.69) is 21.2 Å². The second-order valence-corrected chi connectivity index (χ2v) is 9.57. The number of benzene rings is 2. The van der Waals surface area contributed by atoms with Crippen LogP contribution in [0.15, 0.2) is 40.9 Å². The van der Waals surface area contributed by atoms with Crippen LogP contribution in [0.4, 0.5) is 0 Å². The van der Waals surface area contributed by atoms with Gasteiger partial charge in [-0.2, -0.15) is 0 Å². The van der Waals surface area contributed by atoms with Gasteiger partial charge < -0.3 is 15.0 Å². The molecule has 0 aromatic heterocycles. The van der Waals surface area contributed by atoms with Crippen molar-refractivity contribution < 1.29 is 14.3 Å². The van der Waals surface area contributed by atoms with Crippen LogP contribution >= 0.6 is 15.9 Å². The van der Waals surface area contributed by atoms with Crippen LogP contribution in [0.25, 0.3) is 0 Å². The minimum atomic E-state index is -0.584. The fraction of sp³-hybridized carbons (Fsp3) is 0.462. The van der Waals surface area contributed by atoms with Crippen molar-refractivity contribution in [3.8, 4) is 5.75 Å². The minimum Gasteiger partial charge on any atom is -0.484 e. The molecule has 2 amide bonds. The average Bonchev–Trinajstić information content (AvgIpc) is 3.27. The standard InChI is InChI=1S/C26H33BrN2O3/c1-17-9-5-6-10-21(17)15-29(20(4)26(31)28-22-11-7-8-12-22)24(30)16-32-23-13-18(2)25(27)19(3)14-23/h5-6,9-10,13-14,20,22H,7-8,11-12,15-16H2,1-4H3,(H,28,31)/t20-/m0/s1. The monoisotopic (exact) mass is 500 g/mol. The van der Waals surface area contributed by atoms with Crippen molar-refractivity contribution >= 4 is 27.7 Å². The molecule has 5 nitrogen and oxygen atoms in total. The van der Waals surface area contributed by atoms with Crippen LogP contribution in [-0.4, -0.2) is 35.4 Å². The molecule has 0 aliphatic heterocycles. The first-order chi connectivity index (χ1) is 15.3. The van der Waals surface area contributed by atoms with E-state index in [1.54, 1.807) is 11.8 Å². The zero-order chi connectivity index (χ0) is 23.3. The van der Waals surface area contributed by atoms with Gasteiger partial charge in [-0.25, -0.2) is 0 Å². The molecule has 0 saturated heterocycles. The van der Waals surface area contributed by atoms with E-state index in [1.165, 1.54) is 0 Å². The van der Waals surface area contributed by atoms with Crippen molar-refractivity contribution in [1.82, 2.24) is 10.2 Å². The maximum Gasteiger partial charge on any atom is 0.261 e. The number of amides is 2. The van der Waals surface area contributed by atoms with Crippen molar-refractivity contribution in [2.75, 3.05) is 6.61 Å². The molecule has 1 N–H and O–H groups in total. The molecule has 172 valence electrons. The number of nitrogens with one attached hydrogen (secondary N) is 1. The van der Waals surface area contributed by atoms with Crippen LogP contribution in [0.2, 0.25) is 0 Å². The molecule has 0 unspecified atom stereocenters. The van der Waals surface area contributed by atoms with E-state index in [9.17, 15) is 9.59 Å². The molecule has 0 heterocycles. The van der Waals surface area contributed by atoms with Gasteiger partial charge in [0, 0.05) is 17.1 Å². The van der Waals surface area contributed by atoms with Crippen LogP contribution in [0, 0.1) is 20.8 Å². The summed E-state index contributed by atoms with van der Waals surface area (Å²) in [5, 5.41) is 3.13. The summed E-state index contributed by atoms with van der Waals surface area (Å²) in [6.45, 7) is 8.05. The van der Waals surface area contributed by atoms with Gasteiger partial charge in [0.1, 0.15) is 11.8 Å². The van der Waals surface area contributed by atoms with E-state index >= 15 is 0 Å². The topological polar surface area (TPSA) is 58.6 Å². The number of hydrogen-bond acceptors (Lipinski definition) is 3. The molecule has 1 aliphatic rings. The van der Waals surface area contributed by atoms with Crippen molar-refractivity contribution in [1.29, 1.82) is 0 Å². The summed E-state index contributed by atoms with van der Waals surface area (Å²) >= 11 is 3.56. The van der Waals surface area contributed by atoms with Gasteiger partial charge in [0.2, 0.25) is 5.91 Å². The zero-order valence-corrected chi connectivity index (χ0v) is 21.0. The lowest BCUT2D eigenvalue weighted by molar-refractivity contribution is -0.142. The normalized spacial score (nSPS) is 14.8. The minimum absolute atomic E-state index is 0.103. The van der Waals surface area contributed by atoms with E-state index in [4.69, 9.17) is 4.74 Å². The summed E-state index contributed by atoms with van der Waals surface area (Å²) in [4.78, 5) is 27.9. The molecule has 0 radical (unpaired) electrons. The first kappa shape index (κ1) is 24.3. The predicted octanol–water partition coefficient (Wildman–Crippen LogP) is 5.23. The Morgan fingerprint density at radius 2 is 1.72 bits per heavy atom. The molecule has 3 rings (SSSR count). The molecule has 2 aromatic rings. The Morgan fingerprint density at radius 3 is 2.34 bits per heavy atom. The molecular formula is C26H33BrN2O3. The fourth-order valence-corrected chi connectivity index (χ4v) is 4.39. The highest BCUT2D eigenvalue weighted by Gasteiger charge is 2.29. The summed E-state index contributed by atoms with van der Waals surface area (Å²) in [7, 11) is 0. The summed E-state index contributed by atoms with van der Waals surface area (Å²) < 4.78 is 6.89. The number of ether oxygens (including phenoxy) is 1. The summed E-state index contributed by atoms with van der Waals surface area (Å²) in [6.07, 6.45) is 4.31. The number of aryl methyl sites for hydroxylation is 3. The van der Waals surface area contributed by atoms with Gasteiger partial charge in [-0.3, -0.25) is 9.59 Å². The van der Waals surface area contributed by atoms with Crippen LogP contribution < -0.4 is 10.1 Å². The summed E-state index contributed by atoms with van der Waals surface area (Å²) in [5.41, 5.74) is 4.22. The first-order valence-corrected chi connectivity index (χ1v) is 12.1. The molecular weight excluding hydrogens is 468 g/mol. The second-order valence-electron chi connectivity index (χ2n) is 8.77. The van der Waals surface area contributed by atoms with Gasteiger partial charge in [-0.05, 0) is 74.9 Å². The van der Waals surface area contributed by atoms with Gasteiger partial charge in [-0.1, -0.05) is 53.0 Å². The van der Waals surface area contributed by atoms with Crippen molar-refractivity contribution in [3.05, 3.63) is 63.1 Å². The summed E-state index contributed by atoms with van der Waals surface area (Å²) in [6, 6.07) is 11.4. The maximum absolute atomic E-state index is 13.3. The first-order valence-electron chi connectivity index (χ1n) is 11.3. The van der Waals surface area contributed by atoms with Crippen molar-refractivity contribution in [2.45, 2.75) is 72.0 Å². The molecule has 0 spiro atoms. The van der Waals surface area contributed by atoms with Gasteiger partial charge >= 0.3 is 0 Å². The molecule has 32 heavy (non-hydrogen) atoms. The fourth-order valence-electron chi connectivity index (χ4n) is 4.16. The van der Waals surface area contributed by atoms with Crippen molar-refractivity contribution in [3.63, 3.8) is 0 Å². The number of halogens is 1. The Bertz CT molecular complexity index is 946. The Kier molecular flexibility index (Phi) is 8.35. The third-order valence-electron chi connectivity index (χ3n) is 6.24. The lowest BCUT2D eigenvalue weighted by atomic mass is 10.1. The molecule has 1 saturated carbocycles. The molecule has 1 atom stereocenters. The molecule has 1 fully saturated rings. The molecule has 1 aliphatic carbocycles. The quantitative estimate of drug-likeness (QED) is 0.539. The Hall–Kier alpha value is -2.34. The Balaban J connectivity index is 1.75. The average molecular weight is 501 g/mol. The van der Waals surface area contributed by atoms with E-state index in [0.29, 0.717) is 12.3 Å². The smallest absolute Gasteiger partial charge is 0.261 e. The van der Waals surface area contributed by atoms with Crippen LogP contribution in [0.1, 0.15) is 54.9 Å². The van der Waals surface area contributed by atoms with Crippen LogP contribution in [0.3, 0.4) is 0 Å². The third-order valence-corrected chi connectivity index (χ3v) is 7.49. The largest absolute Gasteiger partial charge is 0.484 e. The zero-order valence-electron chi connectivity index (χ0n) is 19.4. The number of nitrogens with zero attached hydrogens (tertiary/aromatic N) is 1. The number of carbonyl (C=O) groups is 2. The highest BCUT2D eigenvalue weighted by atomic mass is 79.9. The van der Waals surface area contributed by atoms with Gasteiger partial charge in [-0.15, -0.1) is 0 Å². The van der Waals surface area contributed by atoms with E-state index in [-0.39, 0.29) is 24.5 Å². The Labute approximate surface area is 199 Å². The summed E-state index contributed by atoms with van der Waals surface area (Å²) in [5.74, 6) is 0.338. The lowest BCUT2D eigenvalue weighted by Crippen LogP contribution is -2.50. The SMILES string of the molecule is Cc1ccccc1CN(C(=O)COc1cc(C)c(Br)c(C)c1)[C@@H](C)C(=O)NC1CCCC1. The second kappa shape index (κ2) is 11.0. The van der Waals surface area contributed by atoms with Crippen molar-refractivity contribution in [2.24, 2.45) is 0 Å². The number of hydrogen-bond donors (Lipinski definition) is 1.